The van der Waals surface area contributed by atoms with Crippen molar-refractivity contribution in [3.63, 3.8) is 0 Å². The molecular weight excluding hydrogens is 584 g/mol. The van der Waals surface area contributed by atoms with Gasteiger partial charge in [0.25, 0.3) is 10.0 Å². The van der Waals surface area contributed by atoms with Crippen LogP contribution in [0.2, 0.25) is 0 Å². The van der Waals surface area contributed by atoms with Crippen molar-refractivity contribution in [1.82, 2.24) is 41.2 Å². The molecule has 2 aromatic heterocycles. The van der Waals surface area contributed by atoms with Gasteiger partial charge in [-0.2, -0.15) is 10.4 Å². The van der Waals surface area contributed by atoms with E-state index in [1.165, 1.54) is 23.5 Å². The van der Waals surface area contributed by atoms with Gasteiger partial charge in [0.1, 0.15) is 11.5 Å². The molecule has 6 aromatic rings. The first-order chi connectivity index (χ1) is 21.5. The number of hydrogen-bond acceptors (Lipinski definition) is 11. The first kappa shape index (κ1) is 28.5. The fraction of sp³-hybridized carbons (Fsp3) is 0.172. The molecule has 0 aliphatic heterocycles. The summed E-state index contributed by atoms with van der Waals surface area (Å²) in [6, 6.07) is 25.3. The molecule has 0 aliphatic carbocycles. The number of aromatic amines is 2. The average molecular weight is 613 g/mol. The Morgan fingerprint density at radius 1 is 0.659 bits per heavy atom. The minimum Gasteiger partial charge on any atom is -0.497 e. The quantitative estimate of drug-likeness (QED) is 0.208. The maximum atomic E-state index is 14.2. The molecule has 4 aromatic carbocycles. The standard InChI is InChI=1S/C29H28N10O4S/c1-42-21-9-7-20(8-10-21)17-38(18-28-30-34-35-31-28)26-15-16-27(25-6-4-3-5-24(25)26)39(19-29-32-36-37-33-29)44(40,41)23-13-11-22(43-2)12-14-23/h3-16H,17-19H2,1-2H3,(H,30,31,34,35)(H,32,33,36,37). The minimum atomic E-state index is -4.08. The number of aromatic nitrogens is 8. The van der Waals surface area contributed by atoms with Crippen molar-refractivity contribution >= 4 is 32.2 Å². The van der Waals surface area contributed by atoms with Crippen molar-refractivity contribution in [1.29, 1.82) is 0 Å². The lowest BCUT2D eigenvalue weighted by molar-refractivity contribution is 0.414. The van der Waals surface area contributed by atoms with Gasteiger partial charge >= 0.3 is 0 Å². The van der Waals surface area contributed by atoms with Crippen LogP contribution < -0.4 is 18.7 Å². The Morgan fingerprint density at radius 2 is 1.20 bits per heavy atom. The average Bonchev–Trinajstić information content (AvgIpc) is 3.78. The van der Waals surface area contributed by atoms with E-state index in [0.717, 1.165) is 22.4 Å². The molecule has 224 valence electrons. The Morgan fingerprint density at radius 3 is 1.77 bits per heavy atom. The Hall–Kier alpha value is -5.57. The van der Waals surface area contributed by atoms with Crippen LogP contribution in [-0.2, 0) is 29.7 Å². The Balaban J connectivity index is 1.46. The van der Waals surface area contributed by atoms with Gasteiger partial charge in [-0.15, -0.1) is 20.4 Å². The molecule has 0 amide bonds. The number of fused-ring (bicyclic) bond motifs is 1. The zero-order valence-electron chi connectivity index (χ0n) is 23.8. The topological polar surface area (TPSA) is 168 Å². The van der Waals surface area contributed by atoms with Crippen LogP contribution in [0.25, 0.3) is 10.8 Å². The summed E-state index contributed by atoms with van der Waals surface area (Å²) in [5.41, 5.74) is 2.34. The predicted octanol–water partition coefficient (Wildman–Crippen LogP) is 3.49. The number of sulfonamides is 1. The van der Waals surface area contributed by atoms with Crippen molar-refractivity contribution in [3.8, 4) is 11.5 Å². The molecular formula is C29H28N10O4S. The van der Waals surface area contributed by atoms with Crippen LogP contribution in [0.3, 0.4) is 0 Å². The van der Waals surface area contributed by atoms with Gasteiger partial charge in [-0.05, 0) is 54.1 Å². The van der Waals surface area contributed by atoms with Gasteiger partial charge in [-0.1, -0.05) is 46.8 Å². The zero-order chi connectivity index (χ0) is 30.5. The molecule has 0 spiro atoms. The largest absolute Gasteiger partial charge is 0.497 e. The maximum Gasteiger partial charge on any atom is 0.264 e. The molecule has 0 unspecified atom stereocenters. The van der Waals surface area contributed by atoms with E-state index in [-0.39, 0.29) is 17.3 Å². The van der Waals surface area contributed by atoms with Gasteiger partial charge in [0.2, 0.25) is 0 Å². The van der Waals surface area contributed by atoms with Gasteiger partial charge in [-0.3, -0.25) is 4.31 Å². The molecule has 6 rings (SSSR count). The molecule has 14 nitrogen and oxygen atoms in total. The van der Waals surface area contributed by atoms with Crippen LogP contribution in [0.4, 0.5) is 11.4 Å². The molecule has 44 heavy (non-hydrogen) atoms. The third-order valence-corrected chi connectivity index (χ3v) is 8.84. The van der Waals surface area contributed by atoms with Gasteiger partial charge < -0.3 is 14.4 Å². The molecule has 0 radical (unpaired) electrons. The Bertz CT molecular complexity index is 1930. The van der Waals surface area contributed by atoms with Crippen LogP contribution in [0.5, 0.6) is 11.5 Å². The second kappa shape index (κ2) is 12.3. The van der Waals surface area contributed by atoms with E-state index in [0.29, 0.717) is 35.7 Å². The number of ether oxygens (including phenoxy) is 2. The number of rotatable bonds is 12. The van der Waals surface area contributed by atoms with E-state index in [2.05, 4.69) is 46.1 Å². The second-order valence-corrected chi connectivity index (χ2v) is 11.6. The molecule has 0 atom stereocenters. The summed E-state index contributed by atoms with van der Waals surface area (Å²) in [4.78, 5) is 2.20. The second-order valence-electron chi connectivity index (χ2n) is 9.70. The van der Waals surface area contributed by atoms with Crippen LogP contribution in [-0.4, -0.2) is 63.9 Å². The minimum absolute atomic E-state index is 0.0909. The fourth-order valence-electron chi connectivity index (χ4n) is 4.91. The lowest BCUT2D eigenvalue weighted by Crippen LogP contribution is -2.31. The SMILES string of the molecule is COc1ccc(CN(Cc2nn[nH]n2)c2ccc(N(Cc3nn[nH]n3)S(=O)(=O)c3ccc(OC)cc3)c3ccccc23)cc1. The third-order valence-electron chi connectivity index (χ3n) is 7.06. The summed E-state index contributed by atoms with van der Waals surface area (Å²) in [5, 5.41) is 30.2. The van der Waals surface area contributed by atoms with Crippen LogP contribution in [0.15, 0.2) is 89.8 Å². The first-order valence-corrected chi connectivity index (χ1v) is 14.9. The highest BCUT2D eigenvalue weighted by molar-refractivity contribution is 7.92. The highest BCUT2D eigenvalue weighted by Gasteiger charge is 2.29. The van der Waals surface area contributed by atoms with E-state index in [9.17, 15) is 8.42 Å². The van der Waals surface area contributed by atoms with Crippen LogP contribution >= 0.6 is 0 Å². The summed E-state index contributed by atoms with van der Waals surface area (Å²) in [6.45, 7) is 0.716. The summed E-state index contributed by atoms with van der Waals surface area (Å²) >= 11 is 0. The van der Waals surface area contributed by atoms with E-state index >= 15 is 0 Å². The van der Waals surface area contributed by atoms with E-state index in [1.54, 1.807) is 25.3 Å². The Kier molecular flexibility index (Phi) is 8.01. The number of benzene rings is 4. The summed E-state index contributed by atoms with van der Waals surface area (Å²) in [5.74, 6) is 2.02. The number of H-pyrrole nitrogens is 2. The monoisotopic (exact) mass is 612 g/mol. The number of nitrogens with zero attached hydrogens (tertiary/aromatic N) is 8. The third kappa shape index (κ3) is 5.85. The number of methoxy groups -OCH3 is 2. The fourth-order valence-corrected chi connectivity index (χ4v) is 6.35. The predicted molar refractivity (Wildman–Crippen MR) is 162 cm³/mol. The van der Waals surface area contributed by atoms with Crippen molar-refractivity contribution in [2.24, 2.45) is 0 Å². The van der Waals surface area contributed by atoms with Crippen molar-refractivity contribution in [3.05, 3.63) is 102 Å². The van der Waals surface area contributed by atoms with Crippen molar-refractivity contribution < 1.29 is 17.9 Å². The lowest BCUT2D eigenvalue weighted by Gasteiger charge is -2.29. The van der Waals surface area contributed by atoms with Gasteiger partial charge in [0, 0.05) is 23.0 Å². The van der Waals surface area contributed by atoms with Gasteiger partial charge in [0.15, 0.2) is 11.6 Å². The lowest BCUT2D eigenvalue weighted by atomic mass is 10.0. The molecule has 0 saturated heterocycles. The number of tetrazole rings is 2. The van der Waals surface area contributed by atoms with Crippen molar-refractivity contribution in [2.45, 2.75) is 24.5 Å². The van der Waals surface area contributed by atoms with E-state index in [1.807, 2.05) is 54.6 Å². The smallest absolute Gasteiger partial charge is 0.264 e. The van der Waals surface area contributed by atoms with Crippen LogP contribution in [0, 0.1) is 0 Å². The summed E-state index contributed by atoms with van der Waals surface area (Å²) in [7, 11) is -0.926. The summed E-state index contributed by atoms with van der Waals surface area (Å²) in [6.07, 6.45) is 0. The van der Waals surface area contributed by atoms with Gasteiger partial charge in [-0.25, -0.2) is 8.42 Å². The van der Waals surface area contributed by atoms with Gasteiger partial charge in [0.05, 0.1) is 37.9 Å². The maximum absolute atomic E-state index is 14.2. The summed E-state index contributed by atoms with van der Waals surface area (Å²) < 4.78 is 40.2. The van der Waals surface area contributed by atoms with E-state index < -0.39 is 10.0 Å². The molecule has 0 fully saturated rings. The normalized spacial score (nSPS) is 11.4. The zero-order valence-corrected chi connectivity index (χ0v) is 24.6. The number of hydrogen-bond donors (Lipinski definition) is 2. The molecule has 0 bridgehead atoms. The first-order valence-electron chi connectivity index (χ1n) is 13.5. The molecule has 15 heteroatoms. The van der Waals surface area contributed by atoms with E-state index in [4.69, 9.17) is 9.47 Å². The van der Waals surface area contributed by atoms with Crippen molar-refractivity contribution in [2.75, 3.05) is 23.4 Å². The number of anilines is 2. The molecule has 2 N–H and O–H groups in total. The molecule has 0 saturated carbocycles. The van der Waals surface area contributed by atoms with Crippen LogP contribution in [0.1, 0.15) is 17.2 Å². The highest BCUT2D eigenvalue weighted by Crippen LogP contribution is 2.38. The molecule has 0 aliphatic rings. The highest BCUT2D eigenvalue weighted by atomic mass is 32.2. The molecule has 2 heterocycles. The Labute approximate surface area is 252 Å². The number of nitrogens with one attached hydrogen (secondary N) is 2.